The van der Waals surface area contributed by atoms with Gasteiger partial charge >= 0.3 is 5.97 Å². The number of hydrogen-bond donors (Lipinski definition) is 1. The average Bonchev–Trinajstić information content (AvgIpc) is 2.80. The molecule has 0 heterocycles. The molecule has 5 heteroatoms. The van der Waals surface area contributed by atoms with Gasteiger partial charge in [0.2, 0.25) is 0 Å². The van der Waals surface area contributed by atoms with Gasteiger partial charge in [0.05, 0.1) is 11.4 Å². The van der Waals surface area contributed by atoms with Crippen LogP contribution in [0.1, 0.15) is 44.1 Å². The minimum Gasteiger partial charge on any atom is -0.481 e. The van der Waals surface area contributed by atoms with Crippen molar-refractivity contribution in [3.05, 3.63) is 33.0 Å². The molecule has 1 aromatic rings. The van der Waals surface area contributed by atoms with E-state index in [2.05, 4.69) is 15.9 Å². The van der Waals surface area contributed by atoms with Gasteiger partial charge in [0, 0.05) is 4.47 Å². The summed E-state index contributed by atoms with van der Waals surface area (Å²) in [7, 11) is 0. The standard InChI is InChI=1S/C15H17BrClFO2/c16-11-8-13(18)10(7-12(11)17)3-6-15(9-14(19)20)4-1-2-5-15/h7-8H,1-6,9H2,(H,19,20). The molecule has 0 amide bonds. The second-order valence-corrected chi connectivity index (χ2v) is 6.90. The highest BCUT2D eigenvalue weighted by atomic mass is 79.9. The molecule has 0 bridgehead atoms. The van der Waals surface area contributed by atoms with Crippen molar-refractivity contribution >= 4 is 33.5 Å². The van der Waals surface area contributed by atoms with E-state index in [4.69, 9.17) is 16.7 Å². The fraction of sp³-hybridized carbons (Fsp3) is 0.533. The Balaban J connectivity index is 2.10. The number of rotatable bonds is 5. The number of hydrogen-bond acceptors (Lipinski definition) is 1. The first kappa shape index (κ1) is 15.8. The number of aliphatic carboxylic acids is 1. The lowest BCUT2D eigenvalue weighted by Crippen LogP contribution is -2.22. The number of carboxylic acids is 1. The molecule has 1 aliphatic rings. The Labute approximate surface area is 131 Å². The Kier molecular flexibility index (Phi) is 5.08. The van der Waals surface area contributed by atoms with Crippen LogP contribution in [0.5, 0.6) is 0 Å². The van der Waals surface area contributed by atoms with E-state index in [9.17, 15) is 9.18 Å². The maximum Gasteiger partial charge on any atom is 0.303 e. The quantitative estimate of drug-likeness (QED) is 0.729. The fourth-order valence-corrected chi connectivity index (χ4v) is 3.62. The Morgan fingerprint density at radius 1 is 1.40 bits per heavy atom. The largest absolute Gasteiger partial charge is 0.481 e. The first-order chi connectivity index (χ1) is 9.42. The van der Waals surface area contributed by atoms with E-state index in [0.29, 0.717) is 27.9 Å². The predicted octanol–water partition coefficient (Wildman–Crippen LogP) is 5.21. The monoisotopic (exact) mass is 362 g/mol. The zero-order valence-electron chi connectivity index (χ0n) is 11.1. The van der Waals surface area contributed by atoms with Gasteiger partial charge < -0.3 is 5.11 Å². The summed E-state index contributed by atoms with van der Waals surface area (Å²) in [6.45, 7) is 0. The third-order valence-electron chi connectivity index (χ3n) is 4.20. The van der Waals surface area contributed by atoms with E-state index in [-0.39, 0.29) is 17.7 Å². The minimum absolute atomic E-state index is 0.169. The van der Waals surface area contributed by atoms with Crippen LogP contribution in [0.3, 0.4) is 0 Å². The van der Waals surface area contributed by atoms with Crippen molar-refractivity contribution < 1.29 is 14.3 Å². The lowest BCUT2D eigenvalue weighted by Gasteiger charge is -2.27. The number of carbonyl (C=O) groups is 1. The SMILES string of the molecule is O=C(O)CC1(CCc2cc(Cl)c(Br)cc2F)CCCC1. The summed E-state index contributed by atoms with van der Waals surface area (Å²) in [5.41, 5.74) is 0.396. The van der Waals surface area contributed by atoms with Crippen molar-refractivity contribution in [1.29, 1.82) is 0 Å². The molecule has 0 unspecified atom stereocenters. The summed E-state index contributed by atoms with van der Waals surface area (Å²) >= 11 is 9.18. The van der Waals surface area contributed by atoms with Crippen LogP contribution < -0.4 is 0 Å². The fourth-order valence-electron chi connectivity index (χ4n) is 3.12. The second-order valence-electron chi connectivity index (χ2n) is 5.64. The molecule has 0 radical (unpaired) electrons. The highest BCUT2D eigenvalue weighted by Crippen LogP contribution is 2.45. The zero-order valence-corrected chi connectivity index (χ0v) is 13.4. The van der Waals surface area contributed by atoms with Gasteiger partial charge in [-0.1, -0.05) is 24.4 Å². The van der Waals surface area contributed by atoms with Crippen LogP contribution >= 0.6 is 27.5 Å². The van der Waals surface area contributed by atoms with Gasteiger partial charge in [-0.05, 0) is 64.7 Å². The van der Waals surface area contributed by atoms with Crippen LogP contribution in [0.25, 0.3) is 0 Å². The summed E-state index contributed by atoms with van der Waals surface area (Å²) in [5, 5.41) is 9.56. The Hall–Kier alpha value is -0.610. The van der Waals surface area contributed by atoms with Gasteiger partial charge in [-0.25, -0.2) is 4.39 Å². The van der Waals surface area contributed by atoms with Crippen molar-refractivity contribution in [3.8, 4) is 0 Å². The van der Waals surface area contributed by atoms with E-state index in [1.807, 2.05) is 0 Å². The van der Waals surface area contributed by atoms with E-state index in [1.54, 1.807) is 6.07 Å². The van der Waals surface area contributed by atoms with Crippen LogP contribution in [0.4, 0.5) is 4.39 Å². The number of halogens is 3. The van der Waals surface area contributed by atoms with Crippen LogP contribution in [0, 0.1) is 11.2 Å². The molecule has 110 valence electrons. The molecule has 20 heavy (non-hydrogen) atoms. The lowest BCUT2D eigenvalue weighted by molar-refractivity contribution is -0.139. The first-order valence-electron chi connectivity index (χ1n) is 6.77. The summed E-state index contributed by atoms with van der Waals surface area (Å²) in [6, 6.07) is 3.00. The van der Waals surface area contributed by atoms with Crippen molar-refractivity contribution in [1.82, 2.24) is 0 Å². The van der Waals surface area contributed by atoms with Crippen molar-refractivity contribution in [2.24, 2.45) is 5.41 Å². The summed E-state index contributed by atoms with van der Waals surface area (Å²) in [6.07, 6.45) is 5.39. The first-order valence-corrected chi connectivity index (χ1v) is 7.94. The Morgan fingerprint density at radius 2 is 2.05 bits per heavy atom. The molecule has 1 fully saturated rings. The van der Waals surface area contributed by atoms with Gasteiger partial charge in [-0.3, -0.25) is 4.79 Å². The van der Waals surface area contributed by atoms with Crippen LogP contribution in [0.2, 0.25) is 5.02 Å². The van der Waals surface area contributed by atoms with Crippen LogP contribution in [-0.2, 0) is 11.2 Å². The van der Waals surface area contributed by atoms with E-state index >= 15 is 0 Å². The smallest absolute Gasteiger partial charge is 0.303 e. The number of benzene rings is 1. The van der Waals surface area contributed by atoms with Gasteiger partial charge in [-0.15, -0.1) is 0 Å². The molecule has 0 aromatic heterocycles. The Bertz CT molecular complexity index is 513. The van der Waals surface area contributed by atoms with E-state index < -0.39 is 5.97 Å². The highest BCUT2D eigenvalue weighted by Gasteiger charge is 2.35. The van der Waals surface area contributed by atoms with Crippen molar-refractivity contribution in [3.63, 3.8) is 0 Å². The molecular formula is C15H17BrClFO2. The molecule has 1 aromatic carbocycles. The van der Waals surface area contributed by atoms with Crippen molar-refractivity contribution in [2.45, 2.75) is 44.9 Å². The third-order valence-corrected chi connectivity index (χ3v) is 5.40. The predicted molar refractivity (Wildman–Crippen MR) is 80.6 cm³/mol. The molecule has 0 spiro atoms. The molecule has 1 aliphatic carbocycles. The zero-order chi connectivity index (χ0) is 14.8. The molecule has 0 atom stereocenters. The van der Waals surface area contributed by atoms with Crippen molar-refractivity contribution in [2.75, 3.05) is 0 Å². The lowest BCUT2D eigenvalue weighted by atomic mass is 9.77. The molecule has 2 rings (SSSR count). The molecule has 0 saturated heterocycles. The molecule has 1 saturated carbocycles. The molecule has 1 N–H and O–H groups in total. The van der Waals surface area contributed by atoms with Gasteiger partial charge in [0.1, 0.15) is 5.82 Å². The molecule has 0 aliphatic heterocycles. The summed E-state index contributed by atoms with van der Waals surface area (Å²) < 4.78 is 14.4. The number of carboxylic acid groups (broad SMARTS) is 1. The average molecular weight is 364 g/mol. The second kappa shape index (κ2) is 6.44. The maximum absolute atomic E-state index is 13.9. The summed E-state index contributed by atoms with van der Waals surface area (Å²) in [5.74, 6) is -1.05. The molecule has 2 nitrogen and oxygen atoms in total. The minimum atomic E-state index is -0.763. The van der Waals surface area contributed by atoms with E-state index in [1.165, 1.54) is 6.07 Å². The van der Waals surface area contributed by atoms with Gasteiger partial charge in [0.15, 0.2) is 0 Å². The highest BCUT2D eigenvalue weighted by molar-refractivity contribution is 9.10. The maximum atomic E-state index is 13.9. The Morgan fingerprint density at radius 3 is 2.65 bits per heavy atom. The third kappa shape index (κ3) is 3.73. The van der Waals surface area contributed by atoms with Gasteiger partial charge in [0.25, 0.3) is 0 Å². The van der Waals surface area contributed by atoms with E-state index in [0.717, 1.165) is 25.7 Å². The topological polar surface area (TPSA) is 37.3 Å². The van der Waals surface area contributed by atoms with Gasteiger partial charge in [-0.2, -0.15) is 0 Å². The van der Waals surface area contributed by atoms with Crippen LogP contribution in [0.15, 0.2) is 16.6 Å². The van der Waals surface area contributed by atoms with Crippen LogP contribution in [-0.4, -0.2) is 11.1 Å². The normalized spacial score (nSPS) is 17.4. The summed E-state index contributed by atoms with van der Waals surface area (Å²) in [4.78, 5) is 11.0. The molecular weight excluding hydrogens is 347 g/mol. The number of aryl methyl sites for hydroxylation is 1.